The normalized spacial score (nSPS) is 10.4. The Morgan fingerprint density at radius 2 is 1.90 bits per heavy atom. The second-order valence-corrected chi connectivity index (χ2v) is 5.76. The lowest BCUT2D eigenvalue weighted by Crippen LogP contribution is -2.32. The van der Waals surface area contributed by atoms with Gasteiger partial charge in [-0.3, -0.25) is 19.7 Å². The predicted molar refractivity (Wildman–Crippen MR) is 105 cm³/mol. The van der Waals surface area contributed by atoms with E-state index in [-0.39, 0.29) is 18.0 Å². The molecule has 0 heterocycles. The van der Waals surface area contributed by atoms with E-state index in [1.165, 1.54) is 12.2 Å². The van der Waals surface area contributed by atoms with Gasteiger partial charge in [0.1, 0.15) is 6.54 Å². The number of amides is 1. The summed E-state index contributed by atoms with van der Waals surface area (Å²) < 4.78 is 9.50. The van der Waals surface area contributed by atoms with Crippen LogP contribution in [-0.4, -0.2) is 41.0 Å². The van der Waals surface area contributed by atoms with Gasteiger partial charge in [-0.2, -0.15) is 0 Å². The van der Waals surface area contributed by atoms with Crippen LogP contribution in [0.3, 0.4) is 0 Å². The summed E-state index contributed by atoms with van der Waals surface area (Å²) in [6.45, 7) is 1.23. The third-order valence-electron chi connectivity index (χ3n) is 3.64. The zero-order valence-corrected chi connectivity index (χ0v) is 15.9. The molecule has 2 N–H and O–H groups in total. The number of nitrogens with one attached hydrogen (secondary N) is 1. The van der Waals surface area contributed by atoms with Gasteiger partial charge in [0.2, 0.25) is 5.75 Å². The zero-order chi connectivity index (χ0) is 22.1. The van der Waals surface area contributed by atoms with Crippen molar-refractivity contribution in [1.82, 2.24) is 5.32 Å². The molecule has 0 fully saturated rings. The summed E-state index contributed by atoms with van der Waals surface area (Å²) in [6, 6.07) is 10.5. The number of allylic oxidation sites excluding steroid dienone is 1. The van der Waals surface area contributed by atoms with E-state index in [0.29, 0.717) is 5.56 Å². The first kappa shape index (κ1) is 22.1. The van der Waals surface area contributed by atoms with Gasteiger partial charge in [-0.05, 0) is 24.6 Å². The fourth-order valence-corrected chi connectivity index (χ4v) is 2.29. The Kier molecular flexibility index (Phi) is 7.63. The molecule has 30 heavy (non-hydrogen) atoms. The maximum absolute atomic E-state index is 12.2. The van der Waals surface area contributed by atoms with Crippen LogP contribution in [0.1, 0.15) is 22.8 Å². The van der Waals surface area contributed by atoms with Crippen LogP contribution < -0.4 is 10.1 Å². The molecule has 0 aliphatic rings. The number of hydrogen-bond donors (Lipinski definition) is 2. The monoisotopic (exact) mass is 414 g/mol. The first-order valence-corrected chi connectivity index (χ1v) is 8.72. The van der Waals surface area contributed by atoms with Crippen LogP contribution in [0.2, 0.25) is 0 Å². The van der Waals surface area contributed by atoms with E-state index in [2.05, 4.69) is 10.1 Å². The quantitative estimate of drug-likeness (QED) is 0.220. The van der Waals surface area contributed by atoms with Crippen molar-refractivity contribution < 1.29 is 33.9 Å². The Morgan fingerprint density at radius 3 is 2.53 bits per heavy atom. The third kappa shape index (κ3) is 6.16. The first-order valence-electron chi connectivity index (χ1n) is 8.72. The summed E-state index contributed by atoms with van der Waals surface area (Å²) in [5, 5.41) is 23.3. The molecule has 0 atom stereocenters. The summed E-state index contributed by atoms with van der Waals surface area (Å²) in [6.07, 6.45) is 1.34. The maximum Gasteiger partial charge on any atom is 0.413 e. The highest BCUT2D eigenvalue weighted by Gasteiger charge is 2.22. The lowest BCUT2D eigenvalue weighted by molar-refractivity contribution is -0.385. The van der Waals surface area contributed by atoms with Crippen molar-refractivity contribution in [3.63, 3.8) is 0 Å². The average molecular weight is 414 g/mol. The van der Waals surface area contributed by atoms with E-state index in [0.717, 1.165) is 12.1 Å². The lowest BCUT2D eigenvalue weighted by Gasteiger charge is -2.09. The fourth-order valence-electron chi connectivity index (χ4n) is 2.29. The van der Waals surface area contributed by atoms with E-state index in [1.807, 2.05) is 0 Å². The molecular weight excluding hydrogens is 396 g/mol. The molecule has 2 aromatic rings. The van der Waals surface area contributed by atoms with Gasteiger partial charge in [-0.1, -0.05) is 36.4 Å². The number of nitro benzene ring substituents is 1. The summed E-state index contributed by atoms with van der Waals surface area (Å²) in [5.74, 6) is -2.45. The molecule has 156 valence electrons. The van der Waals surface area contributed by atoms with E-state index >= 15 is 0 Å². The van der Waals surface area contributed by atoms with Crippen LogP contribution in [-0.2, 0) is 9.53 Å². The van der Waals surface area contributed by atoms with Gasteiger partial charge in [0.25, 0.3) is 0 Å². The number of phenolic OH excluding ortho intramolecular Hbond substituents is 1. The largest absolute Gasteiger partial charge is 0.499 e. The van der Waals surface area contributed by atoms with Gasteiger partial charge >= 0.3 is 17.7 Å². The Labute approximate surface area is 170 Å². The number of phenols is 1. The number of aromatic hydroxyl groups is 1. The molecule has 10 heteroatoms. The number of carbonyl (C=O) groups excluding carboxylic acids is 3. The molecule has 0 saturated carbocycles. The predicted octanol–water partition coefficient (Wildman–Crippen LogP) is 2.85. The minimum Gasteiger partial charge on any atom is -0.499 e. The van der Waals surface area contributed by atoms with Gasteiger partial charge in [-0.15, -0.1) is 0 Å². The van der Waals surface area contributed by atoms with E-state index in [9.17, 15) is 29.6 Å². The first-order chi connectivity index (χ1) is 14.3. The summed E-state index contributed by atoms with van der Waals surface area (Å²) in [7, 11) is 0. The molecule has 2 rings (SSSR count). The van der Waals surface area contributed by atoms with E-state index in [1.54, 1.807) is 37.3 Å². The highest BCUT2D eigenvalue weighted by atomic mass is 16.6. The molecule has 0 aromatic heterocycles. The molecule has 0 bridgehead atoms. The molecule has 0 radical (unpaired) electrons. The number of nitrogens with zero attached hydrogens (tertiary/aromatic N) is 1. The number of esters is 1. The zero-order valence-electron chi connectivity index (χ0n) is 15.9. The lowest BCUT2D eigenvalue weighted by atomic mass is 10.1. The minimum atomic E-state index is -1.13. The van der Waals surface area contributed by atoms with Crippen molar-refractivity contribution >= 4 is 29.6 Å². The van der Waals surface area contributed by atoms with Crippen LogP contribution in [0.5, 0.6) is 11.5 Å². The molecule has 0 aliphatic carbocycles. The second-order valence-electron chi connectivity index (χ2n) is 5.76. The van der Waals surface area contributed by atoms with Crippen LogP contribution in [0.4, 0.5) is 10.5 Å². The molecule has 0 aliphatic heterocycles. The van der Waals surface area contributed by atoms with Crippen molar-refractivity contribution in [2.24, 2.45) is 0 Å². The van der Waals surface area contributed by atoms with Gasteiger partial charge in [0.05, 0.1) is 11.5 Å². The van der Waals surface area contributed by atoms with Crippen LogP contribution in [0, 0.1) is 10.1 Å². The van der Waals surface area contributed by atoms with Crippen molar-refractivity contribution in [2.75, 3.05) is 13.2 Å². The number of carbonyl (C=O) groups is 3. The average Bonchev–Trinajstić information content (AvgIpc) is 2.73. The van der Waals surface area contributed by atoms with Crippen LogP contribution in [0.15, 0.2) is 48.5 Å². The van der Waals surface area contributed by atoms with Gasteiger partial charge < -0.3 is 19.9 Å². The Morgan fingerprint density at radius 1 is 1.20 bits per heavy atom. The molecule has 1 amide bonds. The number of benzene rings is 2. The van der Waals surface area contributed by atoms with Crippen LogP contribution >= 0.6 is 0 Å². The summed E-state index contributed by atoms with van der Waals surface area (Å²) >= 11 is 0. The number of hydrogen-bond acceptors (Lipinski definition) is 8. The summed E-state index contributed by atoms with van der Waals surface area (Å²) in [4.78, 5) is 45.6. The molecule has 10 nitrogen and oxygen atoms in total. The van der Waals surface area contributed by atoms with E-state index < -0.39 is 40.7 Å². The minimum absolute atomic E-state index is 0.124. The highest BCUT2D eigenvalue weighted by Crippen LogP contribution is 2.37. The maximum atomic E-state index is 12.2. The molecular formula is C20H18N2O8. The number of ether oxygens (including phenoxy) is 2. The van der Waals surface area contributed by atoms with Gasteiger partial charge in [-0.25, -0.2) is 4.79 Å². The number of rotatable bonds is 8. The van der Waals surface area contributed by atoms with Gasteiger partial charge in [0, 0.05) is 11.6 Å². The van der Waals surface area contributed by atoms with Crippen molar-refractivity contribution in [3.05, 3.63) is 69.8 Å². The smallest absolute Gasteiger partial charge is 0.413 e. The van der Waals surface area contributed by atoms with Crippen molar-refractivity contribution in [3.8, 4) is 11.5 Å². The third-order valence-corrected chi connectivity index (χ3v) is 3.64. The van der Waals surface area contributed by atoms with Crippen molar-refractivity contribution in [1.29, 1.82) is 0 Å². The number of ketones is 1. The van der Waals surface area contributed by atoms with E-state index in [4.69, 9.17) is 4.74 Å². The topological polar surface area (TPSA) is 145 Å². The molecule has 2 aromatic carbocycles. The Bertz CT molecular complexity index is 986. The molecule has 0 saturated heterocycles. The SMILES string of the molecule is CCOC(=O)CNC(=O)Oc1cc(/C=C/C(=O)c2ccccc2)cc([N+](=O)[O-])c1O. The molecule has 0 spiro atoms. The van der Waals surface area contributed by atoms with Crippen molar-refractivity contribution in [2.45, 2.75) is 6.92 Å². The summed E-state index contributed by atoms with van der Waals surface area (Å²) in [5.41, 5.74) is -0.175. The fraction of sp³-hybridized carbons (Fsp3) is 0.150. The Balaban J connectivity index is 2.22. The number of nitro groups is 1. The van der Waals surface area contributed by atoms with Gasteiger partial charge in [0.15, 0.2) is 11.5 Å². The Hall–Kier alpha value is -4.21. The molecule has 0 unspecified atom stereocenters. The standard InChI is InChI=1S/C20H18N2O8/c1-2-29-18(24)12-21-20(26)30-17-11-13(10-15(19(17)25)22(27)28)8-9-16(23)14-6-4-3-5-7-14/h3-11,25H,2,12H2,1H3,(H,21,26)/b9-8+. The van der Waals surface area contributed by atoms with Crippen LogP contribution in [0.25, 0.3) is 6.08 Å². The highest BCUT2D eigenvalue weighted by molar-refractivity contribution is 6.06. The second kappa shape index (κ2) is 10.4.